The third-order valence-electron chi connectivity index (χ3n) is 3.34. The molecule has 21 heavy (non-hydrogen) atoms. The SMILES string of the molecule is CC(CNC(=O)c1ncoc1-c1ccccc1Br)N(C)C. The first kappa shape index (κ1) is 15.7. The number of hydrogen-bond donors (Lipinski definition) is 1. The maximum absolute atomic E-state index is 12.3. The molecule has 2 rings (SSSR count). The summed E-state index contributed by atoms with van der Waals surface area (Å²) >= 11 is 3.46. The second-order valence-electron chi connectivity index (χ2n) is 5.03. The minimum Gasteiger partial charge on any atom is -0.443 e. The topological polar surface area (TPSA) is 58.4 Å². The number of nitrogens with one attached hydrogen (secondary N) is 1. The van der Waals surface area contributed by atoms with Crippen LogP contribution in [0.4, 0.5) is 0 Å². The van der Waals surface area contributed by atoms with Crippen LogP contribution in [0.2, 0.25) is 0 Å². The molecule has 1 heterocycles. The van der Waals surface area contributed by atoms with Gasteiger partial charge in [-0.2, -0.15) is 0 Å². The summed E-state index contributed by atoms with van der Waals surface area (Å²) in [6.07, 6.45) is 1.29. The molecule has 0 aliphatic rings. The van der Waals surface area contributed by atoms with E-state index >= 15 is 0 Å². The molecule has 0 saturated heterocycles. The van der Waals surface area contributed by atoms with Crippen LogP contribution in [0.15, 0.2) is 39.5 Å². The molecule has 1 aromatic carbocycles. The fourth-order valence-electron chi connectivity index (χ4n) is 1.75. The highest BCUT2D eigenvalue weighted by Gasteiger charge is 2.20. The summed E-state index contributed by atoms with van der Waals surface area (Å²) in [5.41, 5.74) is 1.11. The predicted octanol–water partition coefficient (Wildman–Crippen LogP) is 2.78. The number of halogens is 1. The molecule has 1 N–H and O–H groups in total. The Morgan fingerprint density at radius 2 is 2.14 bits per heavy atom. The number of carbonyl (C=O) groups excluding carboxylic acids is 1. The average molecular weight is 352 g/mol. The quantitative estimate of drug-likeness (QED) is 0.899. The molecular formula is C15H18BrN3O2. The largest absolute Gasteiger partial charge is 0.443 e. The Kier molecular flexibility index (Phi) is 5.14. The number of aromatic nitrogens is 1. The zero-order valence-electron chi connectivity index (χ0n) is 12.3. The Labute approximate surface area is 132 Å². The van der Waals surface area contributed by atoms with Crippen LogP contribution in [0.3, 0.4) is 0 Å². The minimum atomic E-state index is -0.233. The number of hydrogen-bond acceptors (Lipinski definition) is 4. The molecule has 0 saturated carbocycles. The van der Waals surface area contributed by atoms with Gasteiger partial charge in [-0.05, 0) is 27.1 Å². The summed E-state index contributed by atoms with van der Waals surface area (Å²) in [6.45, 7) is 2.59. The highest BCUT2D eigenvalue weighted by Crippen LogP contribution is 2.30. The molecule has 0 aliphatic carbocycles. The molecule has 2 aromatic rings. The van der Waals surface area contributed by atoms with Crippen molar-refractivity contribution in [2.24, 2.45) is 0 Å². The van der Waals surface area contributed by atoms with Crippen LogP contribution in [0.25, 0.3) is 11.3 Å². The van der Waals surface area contributed by atoms with E-state index in [0.717, 1.165) is 10.0 Å². The predicted molar refractivity (Wildman–Crippen MR) is 85.1 cm³/mol. The van der Waals surface area contributed by atoms with Crippen LogP contribution in [0, 0.1) is 0 Å². The highest BCUT2D eigenvalue weighted by atomic mass is 79.9. The van der Waals surface area contributed by atoms with Gasteiger partial charge in [-0.15, -0.1) is 0 Å². The summed E-state index contributed by atoms with van der Waals surface area (Å²) in [5, 5.41) is 2.88. The van der Waals surface area contributed by atoms with Gasteiger partial charge in [0.25, 0.3) is 5.91 Å². The van der Waals surface area contributed by atoms with Gasteiger partial charge < -0.3 is 14.6 Å². The third-order valence-corrected chi connectivity index (χ3v) is 4.03. The van der Waals surface area contributed by atoms with E-state index in [1.165, 1.54) is 6.39 Å². The van der Waals surface area contributed by atoms with E-state index in [9.17, 15) is 4.79 Å². The number of amides is 1. The van der Waals surface area contributed by atoms with Crippen molar-refractivity contribution >= 4 is 21.8 Å². The first-order valence-corrected chi connectivity index (χ1v) is 7.43. The van der Waals surface area contributed by atoms with Gasteiger partial charge in [0.05, 0.1) is 0 Å². The lowest BCUT2D eigenvalue weighted by Gasteiger charge is -2.19. The molecule has 0 aliphatic heterocycles. The molecule has 0 spiro atoms. The van der Waals surface area contributed by atoms with Crippen molar-refractivity contribution in [2.45, 2.75) is 13.0 Å². The van der Waals surface area contributed by atoms with Crippen LogP contribution in [0.1, 0.15) is 17.4 Å². The van der Waals surface area contributed by atoms with Crippen LogP contribution < -0.4 is 5.32 Å². The lowest BCUT2D eigenvalue weighted by atomic mass is 10.1. The fourth-order valence-corrected chi connectivity index (χ4v) is 2.22. The number of carbonyl (C=O) groups is 1. The molecule has 1 unspecified atom stereocenters. The fraction of sp³-hybridized carbons (Fsp3) is 0.333. The summed E-state index contributed by atoms with van der Waals surface area (Å²) in [6, 6.07) is 7.81. The van der Waals surface area contributed by atoms with Gasteiger partial charge in [-0.1, -0.05) is 34.1 Å². The van der Waals surface area contributed by atoms with E-state index in [1.54, 1.807) is 0 Å². The summed E-state index contributed by atoms with van der Waals surface area (Å²) in [4.78, 5) is 18.4. The van der Waals surface area contributed by atoms with Crippen molar-refractivity contribution in [1.29, 1.82) is 0 Å². The molecule has 1 amide bonds. The molecule has 0 radical (unpaired) electrons. The minimum absolute atomic E-state index is 0.233. The Balaban J connectivity index is 2.17. The molecular weight excluding hydrogens is 334 g/mol. The number of oxazole rings is 1. The van der Waals surface area contributed by atoms with E-state index in [-0.39, 0.29) is 11.9 Å². The number of benzene rings is 1. The van der Waals surface area contributed by atoms with Crippen LogP contribution in [-0.2, 0) is 0 Å². The van der Waals surface area contributed by atoms with Crippen molar-refractivity contribution in [1.82, 2.24) is 15.2 Å². The Morgan fingerprint density at radius 3 is 2.81 bits per heavy atom. The van der Waals surface area contributed by atoms with Gasteiger partial charge in [0.2, 0.25) is 0 Å². The first-order valence-electron chi connectivity index (χ1n) is 6.63. The standard InChI is InChI=1S/C15H18BrN3O2/c1-10(19(2)3)8-17-15(20)13-14(21-9-18-13)11-6-4-5-7-12(11)16/h4-7,9-10H,8H2,1-3H3,(H,17,20). The van der Waals surface area contributed by atoms with Crippen molar-refractivity contribution in [2.75, 3.05) is 20.6 Å². The Morgan fingerprint density at radius 1 is 1.43 bits per heavy atom. The van der Waals surface area contributed by atoms with E-state index in [2.05, 4.69) is 26.2 Å². The van der Waals surface area contributed by atoms with Gasteiger partial charge >= 0.3 is 0 Å². The lowest BCUT2D eigenvalue weighted by molar-refractivity contribution is 0.0939. The molecule has 5 nitrogen and oxygen atoms in total. The Bertz CT molecular complexity index is 625. The molecule has 6 heteroatoms. The van der Waals surface area contributed by atoms with E-state index in [4.69, 9.17) is 4.42 Å². The van der Waals surface area contributed by atoms with Crippen LogP contribution in [-0.4, -0.2) is 42.5 Å². The normalized spacial score (nSPS) is 12.4. The van der Waals surface area contributed by atoms with E-state index in [1.807, 2.05) is 50.2 Å². The van der Waals surface area contributed by atoms with Gasteiger partial charge in [0.1, 0.15) is 0 Å². The van der Waals surface area contributed by atoms with Crippen LogP contribution in [0.5, 0.6) is 0 Å². The van der Waals surface area contributed by atoms with Gasteiger partial charge in [0, 0.05) is 22.6 Å². The number of rotatable bonds is 5. The van der Waals surface area contributed by atoms with Gasteiger partial charge in [-0.25, -0.2) is 4.98 Å². The summed E-state index contributed by atoms with van der Waals surface area (Å²) in [5.74, 6) is 0.237. The molecule has 112 valence electrons. The maximum Gasteiger partial charge on any atom is 0.273 e. The highest BCUT2D eigenvalue weighted by molar-refractivity contribution is 9.10. The molecule has 0 bridgehead atoms. The van der Waals surface area contributed by atoms with E-state index in [0.29, 0.717) is 18.0 Å². The van der Waals surface area contributed by atoms with Gasteiger partial charge in [-0.3, -0.25) is 4.79 Å². The summed E-state index contributed by atoms with van der Waals surface area (Å²) in [7, 11) is 3.94. The molecule has 0 fully saturated rings. The zero-order valence-corrected chi connectivity index (χ0v) is 13.8. The Hall–Kier alpha value is -1.66. The maximum atomic E-state index is 12.3. The van der Waals surface area contributed by atoms with Crippen molar-refractivity contribution in [3.63, 3.8) is 0 Å². The molecule has 1 aromatic heterocycles. The zero-order chi connectivity index (χ0) is 15.4. The number of nitrogens with zero attached hydrogens (tertiary/aromatic N) is 2. The average Bonchev–Trinajstić information content (AvgIpc) is 2.94. The second-order valence-corrected chi connectivity index (χ2v) is 5.89. The molecule has 1 atom stereocenters. The van der Waals surface area contributed by atoms with Gasteiger partial charge in [0.15, 0.2) is 17.8 Å². The summed E-state index contributed by atoms with van der Waals surface area (Å²) < 4.78 is 6.25. The van der Waals surface area contributed by atoms with Crippen molar-refractivity contribution < 1.29 is 9.21 Å². The van der Waals surface area contributed by atoms with Crippen molar-refractivity contribution in [3.05, 3.63) is 40.8 Å². The third kappa shape index (κ3) is 3.71. The first-order chi connectivity index (χ1) is 10.0. The lowest BCUT2D eigenvalue weighted by Crippen LogP contribution is -2.38. The number of likely N-dealkylation sites (N-methyl/N-ethyl adjacent to an activating group) is 1. The van der Waals surface area contributed by atoms with Crippen molar-refractivity contribution in [3.8, 4) is 11.3 Å². The second kappa shape index (κ2) is 6.87. The smallest absolute Gasteiger partial charge is 0.273 e. The van der Waals surface area contributed by atoms with Crippen LogP contribution >= 0.6 is 15.9 Å². The monoisotopic (exact) mass is 351 g/mol. The van der Waals surface area contributed by atoms with E-state index < -0.39 is 0 Å².